The average Bonchev–Trinajstić information content (AvgIpc) is 2.21. The first kappa shape index (κ1) is 13.8. The summed E-state index contributed by atoms with van der Waals surface area (Å²) in [5, 5.41) is 9.95. The molecule has 16 heavy (non-hydrogen) atoms. The minimum atomic E-state index is -0.649. The van der Waals surface area contributed by atoms with Gasteiger partial charge in [-0.2, -0.15) is 11.8 Å². The lowest BCUT2D eigenvalue weighted by atomic mass is 9.88. The van der Waals surface area contributed by atoms with Gasteiger partial charge in [0.1, 0.15) is 0 Å². The molecule has 0 aromatic heterocycles. The van der Waals surface area contributed by atoms with Gasteiger partial charge >= 0.3 is 0 Å². The SMILES string of the molecule is CCCC1(O)CN(C(=O)[C@@H](N)CCSC)C1. The van der Waals surface area contributed by atoms with E-state index in [2.05, 4.69) is 0 Å². The first-order valence-corrected chi connectivity index (χ1v) is 7.17. The number of carbonyl (C=O) groups excluding carboxylic acids is 1. The molecule has 1 aliphatic rings. The van der Waals surface area contributed by atoms with Crippen LogP contribution in [-0.2, 0) is 4.79 Å². The minimum Gasteiger partial charge on any atom is -0.386 e. The van der Waals surface area contributed by atoms with Crippen LogP contribution in [0.2, 0.25) is 0 Å². The van der Waals surface area contributed by atoms with Crippen LogP contribution in [0, 0.1) is 0 Å². The van der Waals surface area contributed by atoms with E-state index in [1.807, 2.05) is 13.2 Å². The molecule has 1 heterocycles. The molecule has 0 aromatic rings. The van der Waals surface area contributed by atoms with Gasteiger partial charge in [-0.15, -0.1) is 0 Å². The number of likely N-dealkylation sites (tertiary alicyclic amines) is 1. The van der Waals surface area contributed by atoms with Gasteiger partial charge in [0.05, 0.1) is 24.7 Å². The first-order valence-electron chi connectivity index (χ1n) is 5.78. The van der Waals surface area contributed by atoms with Crippen LogP contribution in [0.3, 0.4) is 0 Å². The van der Waals surface area contributed by atoms with Crippen LogP contribution in [0.4, 0.5) is 0 Å². The number of β-amino-alcohol motifs (C(OH)–C–C–N with tert-alkyl or cyclic N) is 1. The van der Waals surface area contributed by atoms with Gasteiger partial charge in [0.2, 0.25) is 5.91 Å². The Hall–Kier alpha value is -0.260. The Labute approximate surface area is 102 Å². The number of hydrogen-bond acceptors (Lipinski definition) is 4. The number of hydrogen-bond donors (Lipinski definition) is 2. The lowest BCUT2D eigenvalue weighted by Gasteiger charge is -2.47. The highest BCUT2D eigenvalue weighted by molar-refractivity contribution is 7.98. The van der Waals surface area contributed by atoms with Crippen molar-refractivity contribution in [2.75, 3.05) is 25.1 Å². The second kappa shape index (κ2) is 5.89. The predicted molar refractivity (Wildman–Crippen MR) is 67.4 cm³/mol. The molecule has 1 fully saturated rings. The lowest BCUT2D eigenvalue weighted by molar-refractivity contribution is -0.157. The summed E-state index contributed by atoms with van der Waals surface area (Å²) in [5.74, 6) is 0.884. The normalized spacial score (nSPS) is 20.4. The van der Waals surface area contributed by atoms with Gasteiger partial charge in [0.25, 0.3) is 0 Å². The number of thioether (sulfide) groups is 1. The van der Waals surface area contributed by atoms with Crippen LogP contribution in [-0.4, -0.2) is 52.7 Å². The van der Waals surface area contributed by atoms with Gasteiger partial charge < -0.3 is 15.7 Å². The van der Waals surface area contributed by atoms with Gasteiger partial charge in [0, 0.05) is 0 Å². The number of carbonyl (C=O) groups is 1. The zero-order valence-corrected chi connectivity index (χ0v) is 10.9. The second-order valence-corrected chi connectivity index (χ2v) is 5.54. The van der Waals surface area contributed by atoms with E-state index < -0.39 is 11.6 Å². The second-order valence-electron chi connectivity index (χ2n) is 4.56. The first-order chi connectivity index (χ1) is 7.52. The van der Waals surface area contributed by atoms with Crippen LogP contribution in [0.5, 0.6) is 0 Å². The molecule has 0 spiro atoms. The van der Waals surface area contributed by atoms with Crippen molar-refractivity contribution < 1.29 is 9.90 Å². The number of rotatable bonds is 6. The molecule has 0 aromatic carbocycles. The van der Waals surface area contributed by atoms with Crippen molar-refractivity contribution in [1.82, 2.24) is 4.90 Å². The molecule has 1 rings (SSSR count). The third kappa shape index (κ3) is 3.37. The summed E-state index contributed by atoms with van der Waals surface area (Å²) >= 11 is 1.69. The van der Waals surface area contributed by atoms with E-state index in [9.17, 15) is 9.90 Å². The van der Waals surface area contributed by atoms with E-state index in [-0.39, 0.29) is 5.91 Å². The third-order valence-corrected chi connectivity index (χ3v) is 3.59. The van der Waals surface area contributed by atoms with Crippen molar-refractivity contribution in [2.24, 2.45) is 5.73 Å². The van der Waals surface area contributed by atoms with E-state index >= 15 is 0 Å². The molecular weight excluding hydrogens is 224 g/mol. The Morgan fingerprint density at radius 2 is 2.25 bits per heavy atom. The number of nitrogens with zero attached hydrogens (tertiary/aromatic N) is 1. The summed E-state index contributed by atoms with van der Waals surface area (Å²) in [6.45, 7) is 2.94. The van der Waals surface area contributed by atoms with Crippen molar-refractivity contribution in [1.29, 1.82) is 0 Å². The third-order valence-electron chi connectivity index (χ3n) is 2.95. The smallest absolute Gasteiger partial charge is 0.239 e. The van der Waals surface area contributed by atoms with E-state index in [4.69, 9.17) is 5.73 Å². The molecule has 5 heteroatoms. The van der Waals surface area contributed by atoms with Gasteiger partial charge in [0.15, 0.2) is 0 Å². The van der Waals surface area contributed by atoms with Crippen LogP contribution in [0.1, 0.15) is 26.2 Å². The fourth-order valence-electron chi connectivity index (χ4n) is 2.05. The Morgan fingerprint density at radius 1 is 1.62 bits per heavy atom. The van der Waals surface area contributed by atoms with Crippen molar-refractivity contribution in [3.8, 4) is 0 Å². The van der Waals surface area contributed by atoms with Crippen LogP contribution in [0.15, 0.2) is 0 Å². The highest BCUT2D eigenvalue weighted by Gasteiger charge is 2.43. The molecule has 0 bridgehead atoms. The van der Waals surface area contributed by atoms with E-state index in [0.717, 1.165) is 18.6 Å². The van der Waals surface area contributed by atoms with Crippen molar-refractivity contribution in [2.45, 2.75) is 37.8 Å². The molecular formula is C11H22N2O2S. The predicted octanol–water partition coefficient (Wildman–Crippen LogP) is 0.440. The minimum absolute atomic E-state index is 0.0187. The molecule has 1 aliphatic heterocycles. The monoisotopic (exact) mass is 246 g/mol. The molecule has 3 N–H and O–H groups in total. The Kier molecular flexibility index (Phi) is 5.08. The van der Waals surface area contributed by atoms with Crippen LogP contribution in [0.25, 0.3) is 0 Å². The summed E-state index contributed by atoms with van der Waals surface area (Å²) in [6, 6.07) is -0.404. The lowest BCUT2D eigenvalue weighted by Crippen LogP contribution is -2.65. The quantitative estimate of drug-likeness (QED) is 0.714. The molecule has 4 nitrogen and oxygen atoms in total. The molecule has 0 aliphatic carbocycles. The fourth-order valence-corrected chi connectivity index (χ4v) is 2.54. The van der Waals surface area contributed by atoms with Crippen molar-refractivity contribution >= 4 is 17.7 Å². The van der Waals surface area contributed by atoms with Crippen LogP contribution >= 0.6 is 11.8 Å². The average molecular weight is 246 g/mol. The van der Waals surface area contributed by atoms with E-state index in [0.29, 0.717) is 19.5 Å². The zero-order valence-electron chi connectivity index (χ0n) is 10.1. The van der Waals surface area contributed by atoms with Gasteiger partial charge in [-0.25, -0.2) is 0 Å². The summed E-state index contributed by atoms with van der Waals surface area (Å²) in [4.78, 5) is 13.5. The molecule has 94 valence electrons. The van der Waals surface area contributed by atoms with Gasteiger partial charge in [-0.1, -0.05) is 13.3 Å². The summed E-state index contributed by atoms with van der Waals surface area (Å²) in [6.07, 6.45) is 4.41. The van der Waals surface area contributed by atoms with E-state index in [1.54, 1.807) is 16.7 Å². The maximum absolute atomic E-state index is 11.8. The largest absolute Gasteiger partial charge is 0.386 e. The highest BCUT2D eigenvalue weighted by atomic mass is 32.2. The summed E-state index contributed by atoms with van der Waals surface area (Å²) < 4.78 is 0. The molecule has 1 saturated heterocycles. The van der Waals surface area contributed by atoms with Crippen molar-refractivity contribution in [3.63, 3.8) is 0 Å². The molecule has 0 saturated carbocycles. The standard InChI is InChI=1S/C11H22N2O2S/c1-3-5-11(15)7-13(8-11)10(14)9(12)4-6-16-2/h9,15H,3-8,12H2,1-2H3/t9-/m0/s1. The molecule has 1 amide bonds. The Morgan fingerprint density at radius 3 is 2.75 bits per heavy atom. The number of aliphatic hydroxyl groups is 1. The highest BCUT2D eigenvalue weighted by Crippen LogP contribution is 2.26. The topological polar surface area (TPSA) is 66.6 Å². The molecule has 1 atom stereocenters. The summed E-state index contributed by atoms with van der Waals surface area (Å²) in [7, 11) is 0. The number of nitrogens with two attached hydrogens (primary N) is 1. The summed E-state index contributed by atoms with van der Waals surface area (Å²) in [5.41, 5.74) is 5.14. The Bertz CT molecular complexity index is 242. The molecule has 0 unspecified atom stereocenters. The zero-order chi connectivity index (χ0) is 12.2. The Balaban J connectivity index is 2.30. The molecule has 0 radical (unpaired) electrons. The maximum atomic E-state index is 11.8. The van der Waals surface area contributed by atoms with Gasteiger partial charge in [-0.3, -0.25) is 4.79 Å². The van der Waals surface area contributed by atoms with Crippen molar-refractivity contribution in [3.05, 3.63) is 0 Å². The fraction of sp³-hybridized carbons (Fsp3) is 0.909. The van der Waals surface area contributed by atoms with Gasteiger partial charge in [-0.05, 0) is 24.9 Å². The van der Waals surface area contributed by atoms with E-state index in [1.165, 1.54) is 0 Å². The van der Waals surface area contributed by atoms with Crippen LogP contribution < -0.4 is 5.73 Å². The maximum Gasteiger partial charge on any atom is 0.239 e. The number of amides is 1.